The van der Waals surface area contributed by atoms with E-state index in [1.807, 2.05) is 0 Å². The second-order valence-corrected chi connectivity index (χ2v) is 2.88. The summed E-state index contributed by atoms with van der Waals surface area (Å²) in [5.41, 5.74) is 0.577. The fourth-order valence-corrected chi connectivity index (χ4v) is 1.15. The molecule has 12 heavy (non-hydrogen) atoms. The maximum Gasteiger partial charge on any atom is 0.488 e. The van der Waals surface area contributed by atoms with E-state index in [0.29, 0.717) is 5.56 Å². The van der Waals surface area contributed by atoms with Crippen LogP contribution in [-0.2, 0) is 0 Å². The average molecular weight is 188 g/mol. The van der Waals surface area contributed by atoms with E-state index in [4.69, 9.17) is 21.6 Å². The van der Waals surface area contributed by atoms with Gasteiger partial charge in [-0.15, -0.1) is 0 Å². The minimum Gasteiger partial charge on any atom is -0.423 e. The molecule has 0 aliphatic rings. The molecule has 2 nitrogen and oxygen atoms in total. The van der Waals surface area contributed by atoms with Crippen molar-refractivity contribution in [1.82, 2.24) is 0 Å². The molecule has 2 N–H and O–H groups in total. The van der Waals surface area contributed by atoms with Crippen molar-refractivity contribution in [1.29, 1.82) is 0 Å². The van der Waals surface area contributed by atoms with Crippen LogP contribution in [0.1, 0.15) is 5.56 Å². The highest BCUT2D eigenvalue weighted by molar-refractivity contribution is 6.59. The van der Waals surface area contributed by atoms with Gasteiger partial charge in [0, 0.05) is 5.02 Å². The lowest BCUT2D eigenvalue weighted by atomic mass is 9.77. The van der Waals surface area contributed by atoms with Crippen molar-refractivity contribution in [2.24, 2.45) is 0 Å². The van der Waals surface area contributed by atoms with Crippen LogP contribution >= 0.6 is 11.6 Å². The van der Waals surface area contributed by atoms with E-state index >= 15 is 0 Å². The molecule has 1 rings (SSSR count). The molecule has 0 aliphatic carbocycles. The maximum absolute atomic E-state index is 12.7. The molecular formula is C7H7BClFO2. The SMILES string of the molecule is Cc1c(Cl)cc(F)cc1B(O)O. The number of hydrogen-bond acceptors (Lipinski definition) is 2. The van der Waals surface area contributed by atoms with Crippen LogP contribution in [0.5, 0.6) is 0 Å². The third-order valence-corrected chi connectivity index (χ3v) is 2.02. The van der Waals surface area contributed by atoms with E-state index in [0.717, 1.165) is 12.1 Å². The molecule has 1 aromatic rings. The van der Waals surface area contributed by atoms with Crippen molar-refractivity contribution >= 4 is 24.2 Å². The Labute approximate surface area is 74.7 Å². The Hall–Kier alpha value is -0.575. The van der Waals surface area contributed by atoms with Crippen molar-refractivity contribution in [2.45, 2.75) is 6.92 Å². The van der Waals surface area contributed by atoms with Crippen molar-refractivity contribution in [3.8, 4) is 0 Å². The molecule has 0 radical (unpaired) electrons. The third kappa shape index (κ3) is 1.77. The van der Waals surface area contributed by atoms with Gasteiger partial charge in [-0.05, 0) is 30.1 Å². The molecule has 0 heterocycles. The first-order valence-corrected chi connectivity index (χ1v) is 3.72. The van der Waals surface area contributed by atoms with E-state index in [1.54, 1.807) is 6.92 Å². The van der Waals surface area contributed by atoms with Gasteiger partial charge in [0.05, 0.1) is 0 Å². The number of hydrogen-bond donors (Lipinski definition) is 2. The summed E-state index contributed by atoms with van der Waals surface area (Å²) in [6.45, 7) is 1.59. The minimum absolute atomic E-state index is 0.0972. The van der Waals surface area contributed by atoms with Crippen LogP contribution in [0.25, 0.3) is 0 Å². The van der Waals surface area contributed by atoms with Crippen molar-refractivity contribution in [2.75, 3.05) is 0 Å². The van der Waals surface area contributed by atoms with Gasteiger partial charge in [-0.1, -0.05) is 11.6 Å². The lowest BCUT2D eigenvalue weighted by Crippen LogP contribution is -2.32. The predicted molar refractivity (Wildman–Crippen MR) is 46.0 cm³/mol. The van der Waals surface area contributed by atoms with Crippen LogP contribution in [0.3, 0.4) is 0 Å². The van der Waals surface area contributed by atoms with Crippen LogP contribution in [0.2, 0.25) is 5.02 Å². The van der Waals surface area contributed by atoms with E-state index < -0.39 is 12.9 Å². The van der Waals surface area contributed by atoms with Gasteiger partial charge in [0.25, 0.3) is 0 Å². The summed E-state index contributed by atoms with van der Waals surface area (Å²) in [6, 6.07) is 2.18. The molecule has 0 amide bonds. The summed E-state index contributed by atoms with van der Waals surface area (Å²) >= 11 is 5.60. The van der Waals surface area contributed by atoms with E-state index in [1.165, 1.54) is 0 Å². The average Bonchev–Trinajstić information content (AvgIpc) is 1.96. The number of halogens is 2. The van der Waals surface area contributed by atoms with Gasteiger partial charge in [-0.25, -0.2) is 4.39 Å². The summed E-state index contributed by atoms with van der Waals surface area (Å²) in [5, 5.41) is 17.8. The summed E-state index contributed by atoms with van der Waals surface area (Å²) in [6.07, 6.45) is 0. The standard InChI is InChI=1S/C7H7BClFO2/c1-4-6(8(11)12)2-5(10)3-7(4)9/h2-3,11-12H,1H3. The highest BCUT2D eigenvalue weighted by Crippen LogP contribution is 2.14. The second-order valence-electron chi connectivity index (χ2n) is 2.48. The van der Waals surface area contributed by atoms with Crippen LogP contribution in [0.4, 0.5) is 4.39 Å². The fourth-order valence-electron chi connectivity index (χ4n) is 0.934. The number of benzene rings is 1. The van der Waals surface area contributed by atoms with Gasteiger partial charge in [-0.3, -0.25) is 0 Å². The van der Waals surface area contributed by atoms with Crippen molar-refractivity contribution in [3.05, 3.63) is 28.5 Å². The largest absolute Gasteiger partial charge is 0.488 e. The molecule has 0 atom stereocenters. The molecule has 0 saturated carbocycles. The molecule has 0 bridgehead atoms. The van der Waals surface area contributed by atoms with E-state index in [2.05, 4.69) is 0 Å². The van der Waals surface area contributed by atoms with Crippen molar-refractivity contribution < 1.29 is 14.4 Å². The van der Waals surface area contributed by atoms with E-state index in [9.17, 15) is 4.39 Å². The smallest absolute Gasteiger partial charge is 0.423 e. The zero-order valence-electron chi connectivity index (χ0n) is 6.38. The van der Waals surface area contributed by atoms with Gasteiger partial charge in [-0.2, -0.15) is 0 Å². The molecule has 0 unspecified atom stereocenters. The lowest BCUT2D eigenvalue weighted by Gasteiger charge is -2.05. The lowest BCUT2D eigenvalue weighted by molar-refractivity contribution is 0.425. The van der Waals surface area contributed by atoms with Crippen LogP contribution in [-0.4, -0.2) is 17.2 Å². The predicted octanol–water partition coefficient (Wildman–Crippen LogP) is 0.467. The summed E-state index contributed by atoms with van der Waals surface area (Å²) in [5.74, 6) is -0.575. The highest BCUT2D eigenvalue weighted by atomic mass is 35.5. The van der Waals surface area contributed by atoms with Crippen LogP contribution in [0, 0.1) is 12.7 Å². The first-order valence-electron chi connectivity index (χ1n) is 3.34. The Kier molecular flexibility index (Phi) is 2.72. The minimum atomic E-state index is -1.68. The zero-order valence-corrected chi connectivity index (χ0v) is 7.14. The van der Waals surface area contributed by atoms with Gasteiger partial charge in [0.2, 0.25) is 0 Å². The third-order valence-electron chi connectivity index (χ3n) is 1.63. The topological polar surface area (TPSA) is 40.5 Å². The first-order chi connectivity index (χ1) is 5.52. The van der Waals surface area contributed by atoms with E-state index in [-0.39, 0.29) is 10.5 Å². The maximum atomic E-state index is 12.7. The molecule has 0 aromatic heterocycles. The Balaban J connectivity index is 3.28. The van der Waals surface area contributed by atoms with Gasteiger partial charge in [0.1, 0.15) is 5.82 Å². The van der Waals surface area contributed by atoms with Gasteiger partial charge in [0.15, 0.2) is 0 Å². The highest BCUT2D eigenvalue weighted by Gasteiger charge is 2.16. The molecule has 5 heteroatoms. The molecule has 1 aromatic carbocycles. The van der Waals surface area contributed by atoms with Crippen LogP contribution in [0.15, 0.2) is 12.1 Å². The van der Waals surface area contributed by atoms with Gasteiger partial charge < -0.3 is 10.0 Å². The Morgan fingerprint density at radius 3 is 2.50 bits per heavy atom. The molecule has 0 saturated heterocycles. The molecule has 64 valence electrons. The quantitative estimate of drug-likeness (QED) is 0.629. The summed E-state index contributed by atoms with van der Waals surface area (Å²) < 4.78 is 12.7. The molecular weight excluding hydrogens is 181 g/mol. The summed E-state index contributed by atoms with van der Waals surface area (Å²) in [7, 11) is -1.68. The molecule has 0 spiro atoms. The molecule has 0 fully saturated rings. The van der Waals surface area contributed by atoms with Crippen molar-refractivity contribution in [3.63, 3.8) is 0 Å². The normalized spacial score (nSPS) is 10.1. The Bertz CT molecular complexity index is 304. The first kappa shape index (κ1) is 9.51. The second kappa shape index (κ2) is 3.43. The Morgan fingerprint density at radius 1 is 1.42 bits per heavy atom. The monoisotopic (exact) mass is 188 g/mol. The Morgan fingerprint density at radius 2 is 2.00 bits per heavy atom. The fraction of sp³-hybridized carbons (Fsp3) is 0.143. The number of rotatable bonds is 1. The van der Waals surface area contributed by atoms with Gasteiger partial charge >= 0.3 is 7.12 Å². The van der Waals surface area contributed by atoms with Crippen LogP contribution < -0.4 is 5.46 Å². The summed E-state index contributed by atoms with van der Waals surface area (Å²) in [4.78, 5) is 0. The molecule has 0 aliphatic heterocycles. The zero-order chi connectivity index (χ0) is 9.30.